The van der Waals surface area contributed by atoms with Crippen molar-refractivity contribution in [3.8, 4) is 0 Å². The van der Waals surface area contributed by atoms with Crippen LogP contribution in [0.4, 0.5) is 5.69 Å². The van der Waals surface area contributed by atoms with Gasteiger partial charge in [-0.25, -0.2) is 0 Å². The molecule has 1 amide bonds. The van der Waals surface area contributed by atoms with Crippen molar-refractivity contribution in [2.75, 3.05) is 12.4 Å². The van der Waals surface area contributed by atoms with Gasteiger partial charge in [-0.15, -0.1) is 0 Å². The summed E-state index contributed by atoms with van der Waals surface area (Å²) < 4.78 is 1.01. The van der Waals surface area contributed by atoms with E-state index in [0.717, 1.165) is 21.3 Å². The van der Waals surface area contributed by atoms with Crippen molar-refractivity contribution in [2.45, 2.75) is 19.9 Å². The molecular weight excluding hydrogens is 328 g/mol. The minimum atomic E-state index is -0.0618. The van der Waals surface area contributed by atoms with Crippen molar-refractivity contribution >= 4 is 27.5 Å². The van der Waals surface area contributed by atoms with E-state index < -0.39 is 0 Å². The van der Waals surface area contributed by atoms with Gasteiger partial charge in [-0.2, -0.15) is 0 Å². The van der Waals surface area contributed by atoms with Gasteiger partial charge in [-0.1, -0.05) is 28.1 Å². The largest absolute Gasteiger partial charge is 0.388 e. The maximum atomic E-state index is 12.3. The first kappa shape index (κ1) is 15.6. The number of carbonyl (C=O) groups excluding carboxylic acids is 1. The average molecular weight is 347 g/mol. The molecule has 0 spiro atoms. The number of nitrogens with one attached hydrogen (secondary N) is 2. The summed E-state index contributed by atoms with van der Waals surface area (Å²) >= 11 is 3.45. The fourth-order valence-electron chi connectivity index (χ4n) is 2.22. The van der Waals surface area contributed by atoms with E-state index in [4.69, 9.17) is 0 Å². The second-order valence-corrected chi connectivity index (χ2v) is 5.95. The number of carbonyl (C=O) groups is 1. The Labute approximate surface area is 133 Å². The standard InChI is InChI=1S/C17H19BrN2O/c1-11-9-14(7-8-16(11)19-3)17(21)20-12(2)13-5-4-6-15(18)10-13/h4-10,12,19H,1-3H3,(H,20,21). The van der Waals surface area contributed by atoms with E-state index in [1.54, 1.807) is 0 Å². The van der Waals surface area contributed by atoms with E-state index in [-0.39, 0.29) is 11.9 Å². The highest BCUT2D eigenvalue weighted by Gasteiger charge is 2.12. The van der Waals surface area contributed by atoms with Gasteiger partial charge in [-0.3, -0.25) is 4.79 Å². The van der Waals surface area contributed by atoms with Crippen LogP contribution in [-0.2, 0) is 0 Å². The lowest BCUT2D eigenvalue weighted by molar-refractivity contribution is 0.0940. The van der Waals surface area contributed by atoms with Crippen LogP contribution >= 0.6 is 15.9 Å². The summed E-state index contributed by atoms with van der Waals surface area (Å²) in [7, 11) is 1.87. The molecule has 2 aromatic rings. The van der Waals surface area contributed by atoms with Gasteiger partial charge in [-0.05, 0) is 55.3 Å². The molecule has 110 valence electrons. The third kappa shape index (κ3) is 3.85. The fourth-order valence-corrected chi connectivity index (χ4v) is 2.64. The normalized spacial score (nSPS) is 11.8. The molecule has 0 bridgehead atoms. The molecule has 0 saturated carbocycles. The van der Waals surface area contributed by atoms with Crippen LogP contribution in [0.25, 0.3) is 0 Å². The lowest BCUT2D eigenvalue weighted by atomic mass is 10.1. The summed E-state index contributed by atoms with van der Waals surface area (Å²) in [6.45, 7) is 3.97. The Morgan fingerprint density at radius 2 is 1.95 bits per heavy atom. The van der Waals surface area contributed by atoms with Gasteiger partial charge in [0.2, 0.25) is 0 Å². The third-order valence-electron chi connectivity index (χ3n) is 3.45. The van der Waals surface area contributed by atoms with Crippen LogP contribution in [-0.4, -0.2) is 13.0 Å². The summed E-state index contributed by atoms with van der Waals surface area (Å²) in [5.41, 5.74) is 3.83. The molecule has 2 N–H and O–H groups in total. The molecule has 2 aromatic carbocycles. The van der Waals surface area contributed by atoms with Crippen LogP contribution in [0.15, 0.2) is 46.9 Å². The van der Waals surface area contributed by atoms with E-state index in [0.29, 0.717) is 5.56 Å². The summed E-state index contributed by atoms with van der Waals surface area (Å²) in [6.07, 6.45) is 0. The first-order valence-corrected chi connectivity index (χ1v) is 7.65. The first-order valence-electron chi connectivity index (χ1n) is 6.86. The molecular formula is C17H19BrN2O. The topological polar surface area (TPSA) is 41.1 Å². The zero-order chi connectivity index (χ0) is 15.4. The van der Waals surface area contributed by atoms with E-state index >= 15 is 0 Å². The first-order chi connectivity index (χ1) is 10.0. The number of halogens is 1. The molecule has 0 radical (unpaired) electrons. The Bertz CT molecular complexity index is 655. The van der Waals surface area contributed by atoms with Crippen LogP contribution in [0.2, 0.25) is 0 Å². The van der Waals surface area contributed by atoms with Crippen molar-refractivity contribution in [1.29, 1.82) is 0 Å². The smallest absolute Gasteiger partial charge is 0.251 e. The van der Waals surface area contributed by atoms with Crippen LogP contribution in [0.3, 0.4) is 0 Å². The van der Waals surface area contributed by atoms with Crippen molar-refractivity contribution in [3.63, 3.8) is 0 Å². The Balaban J connectivity index is 2.12. The minimum absolute atomic E-state index is 0.0423. The van der Waals surface area contributed by atoms with E-state index in [1.807, 2.05) is 63.4 Å². The van der Waals surface area contributed by atoms with Crippen LogP contribution in [0.5, 0.6) is 0 Å². The zero-order valence-corrected chi connectivity index (χ0v) is 14.0. The van der Waals surface area contributed by atoms with E-state index in [2.05, 4.69) is 26.6 Å². The lowest BCUT2D eigenvalue weighted by Crippen LogP contribution is -2.26. The molecule has 4 heteroatoms. The van der Waals surface area contributed by atoms with Gasteiger partial charge in [0.15, 0.2) is 0 Å². The minimum Gasteiger partial charge on any atom is -0.388 e. The molecule has 1 unspecified atom stereocenters. The number of hydrogen-bond donors (Lipinski definition) is 2. The Hall–Kier alpha value is -1.81. The predicted molar refractivity (Wildman–Crippen MR) is 90.7 cm³/mol. The number of rotatable bonds is 4. The summed E-state index contributed by atoms with van der Waals surface area (Å²) in [5.74, 6) is -0.0618. The number of anilines is 1. The zero-order valence-electron chi connectivity index (χ0n) is 12.4. The summed E-state index contributed by atoms with van der Waals surface area (Å²) in [5, 5.41) is 6.12. The lowest BCUT2D eigenvalue weighted by Gasteiger charge is -2.15. The predicted octanol–water partition coefficient (Wildman–Crippen LogP) is 4.29. The van der Waals surface area contributed by atoms with E-state index in [1.165, 1.54) is 0 Å². The van der Waals surface area contributed by atoms with Crippen molar-refractivity contribution in [3.05, 3.63) is 63.6 Å². The molecule has 2 rings (SSSR count). The number of benzene rings is 2. The SMILES string of the molecule is CNc1ccc(C(=O)NC(C)c2cccc(Br)c2)cc1C. The van der Waals surface area contributed by atoms with E-state index in [9.17, 15) is 4.79 Å². The van der Waals surface area contributed by atoms with Crippen LogP contribution in [0.1, 0.15) is 34.5 Å². The highest BCUT2D eigenvalue weighted by Crippen LogP contribution is 2.19. The summed E-state index contributed by atoms with van der Waals surface area (Å²) in [6, 6.07) is 13.6. The monoisotopic (exact) mass is 346 g/mol. The summed E-state index contributed by atoms with van der Waals surface area (Å²) in [4.78, 5) is 12.3. The highest BCUT2D eigenvalue weighted by atomic mass is 79.9. The van der Waals surface area contributed by atoms with Crippen LogP contribution in [0, 0.1) is 6.92 Å². The fraction of sp³-hybridized carbons (Fsp3) is 0.235. The van der Waals surface area contributed by atoms with Gasteiger partial charge in [0.25, 0.3) is 5.91 Å². The molecule has 3 nitrogen and oxygen atoms in total. The molecule has 0 saturated heterocycles. The highest BCUT2D eigenvalue weighted by molar-refractivity contribution is 9.10. The third-order valence-corrected chi connectivity index (χ3v) is 3.95. The second-order valence-electron chi connectivity index (χ2n) is 5.03. The number of aryl methyl sites for hydroxylation is 1. The Morgan fingerprint density at radius 3 is 2.57 bits per heavy atom. The molecule has 0 aliphatic rings. The van der Waals surface area contributed by atoms with Crippen molar-refractivity contribution < 1.29 is 4.79 Å². The van der Waals surface area contributed by atoms with Gasteiger partial charge in [0.1, 0.15) is 0 Å². The molecule has 0 aliphatic carbocycles. The van der Waals surface area contributed by atoms with Gasteiger partial charge < -0.3 is 10.6 Å². The molecule has 0 fully saturated rings. The van der Waals surface area contributed by atoms with Crippen molar-refractivity contribution in [1.82, 2.24) is 5.32 Å². The number of hydrogen-bond acceptors (Lipinski definition) is 2. The maximum absolute atomic E-state index is 12.3. The molecule has 1 atom stereocenters. The Kier molecular flexibility index (Phi) is 5.02. The maximum Gasteiger partial charge on any atom is 0.251 e. The molecule has 0 aliphatic heterocycles. The second kappa shape index (κ2) is 6.76. The van der Waals surface area contributed by atoms with Crippen molar-refractivity contribution in [2.24, 2.45) is 0 Å². The average Bonchev–Trinajstić information content (AvgIpc) is 2.47. The molecule has 21 heavy (non-hydrogen) atoms. The van der Waals surface area contributed by atoms with Crippen LogP contribution < -0.4 is 10.6 Å². The molecule has 0 aromatic heterocycles. The van der Waals surface area contributed by atoms with Gasteiger partial charge >= 0.3 is 0 Å². The van der Waals surface area contributed by atoms with Gasteiger partial charge in [0, 0.05) is 22.8 Å². The Morgan fingerprint density at radius 1 is 1.19 bits per heavy atom. The van der Waals surface area contributed by atoms with Gasteiger partial charge in [0.05, 0.1) is 6.04 Å². The quantitative estimate of drug-likeness (QED) is 0.866. The number of amides is 1. The molecule has 0 heterocycles.